The standard InChI is InChI=1S/C11H24N2/c1-12-9-11(13-2)8-10-6-4-3-5-7-10/h10-13H,3-9H2,1-2H3/t11-/m0/s1. The summed E-state index contributed by atoms with van der Waals surface area (Å²) in [7, 11) is 4.11. The van der Waals surface area contributed by atoms with E-state index in [1.807, 2.05) is 7.05 Å². The van der Waals surface area contributed by atoms with Crippen LogP contribution in [0.15, 0.2) is 0 Å². The largest absolute Gasteiger partial charge is 0.318 e. The van der Waals surface area contributed by atoms with Crippen LogP contribution in [0.5, 0.6) is 0 Å². The van der Waals surface area contributed by atoms with Crippen molar-refractivity contribution in [1.82, 2.24) is 10.6 Å². The Morgan fingerprint density at radius 3 is 2.38 bits per heavy atom. The molecule has 1 rings (SSSR count). The summed E-state index contributed by atoms with van der Waals surface area (Å²) in [5, 5.41) is 6.63. The lowest BCUT2D eigenvalue weighted by atomic mass is 9.85. The fourth-order valence-electron chi connectivity index (χ4n) is 2.37. The average molecular weight is 184 g/mol. The maximum absolute atomic E-state index is 3.39. The molecule has 1 aliphatic rings. The van der Waals surface area contributed by atoms with E-state index in [9.17, 15) is 0 Å². The van der Waals surface area contributed by atoms with Crippen LogP contribution in [0.25, 0.3) is 0 Å². The summed E-state index contributed by atoms with van der Waals surface area (Å²) in [6.07, 6.45) is 8.66. The Bertz CT molecular complexity index is 117. The van der Waals surface area contributed by atoms with Crippen LogP contribution in [-0.4, -0.2) is 26.7 Å². The predicted octanol–water partition coefficient (Wildman–Crippen LogP) is 1.76. The first-order valence-electron chi connectivity index (χ1n) is 5.68. The monoisotopic (exact) mass is 184 g/mol. The van der Waals surface area contributed by atoms with Gasteiger partial charge in [-0.15, -0.1) is 0 Å². The molecule has 0 aromatic heterocycles. The number of nitrogens with one attached hydrogen (secondary N) is 2. The van der Waals surface area contributed by atoms with Crippen molar-refractivity contribution in [3.05, 3.63) is 0 Å². The van der Waals surface area contributed by atoms with E-state index >= 15 is 0 Å². The van der Waals surface area contributed by atoms with Crippen molar-refractivity contribution in [2.75, 3.05) is 20.6 Å². The summed E-state index contributed by atoms with van der Waals surface area (Å²) < 4.78 is 0. The van der Waals surface area contributed by atoms with Gasteiger partial charge in [0, 0.05) is 12.6 Å². The summed E-state index contributed by atoms with van der Waals surface area (Å²) in [4.78, 5) is 0. The van der Waals surface area contributed by atoms with Gasteiger partial charge in [-0.3, -0.25) is 0 Å². The number of rotatable bonds is 5. The minimum atomic E-state index is 0.674. The van der Waals surface area contributed by atoms with Crippen molar-refractivity contribution in [1.29, 1.82) is 0 Å². The van der Waals surface area contributed by atoms with Gasteiger partial charge in [-0.25, -0.2) is 0 Å². The summed E-state index contributed by atoms with van der Waals surface area (Å²) in [5.74, 6) is 0.986. The molecule has 1 saturated carbocycles. The Morgan fingerprint density at radius 1 is 1.15 bits per heavy atom. The first-order chi connectivity index (χ1) is 6.36. The van der Waals surface area contributed by atoms with Gasteiger partial charge >= 0.3 is 0 Å². The van der Waals surface area contributed by atoms with Crippen LogP contribution in [0.2, 0.25) is 0 Å². The van der Waals surface area contributed by atoms with Crippen molar-refractivity contribution >= 4 is 0 Å². The molecule has 2 N–H and O–H groups in total. The lowest BCUT2D eigenvalue weighted by Crippen LogP contribution is -2.37. The quantitative estimate of drug-likeness (QED) is 0.680. The van der Waals surface area contributed by atoms with Gasteiger partial charge in [0.1, 0.15) is 0 Å². The topological polar surface area (TPSA) is 24.1 Å². The first-order valence-corrected chi connectivity index (χ1v) is 5.68. The molecule has 2 heteroatoms. The fraction of sp³-hybridized carbons (Fsp3) is 1.00. The molecule has 0 aromatic carbocycles. The number of likely N-dealkylation sites (N-methyl/N-ethyl adjacent to an activating group) is 2. The van der Waals surface area contributed by atoms with Crippen LogP contribution in [0, 0.1) is 5.92 Å². The Balaban J connectivity index is 2.18. The van der Waals surface area contributed by atoms with E-state index in [4.69, 9.17) is 0 Å². The van der Waals surface area contributed by atoms with E-state index in [-0.39, 0.29) is 0 Å². The van der Waals surface area contributed by atoms with Crippen molar-refractivity contribution < 1.29 is 0 Å². The molecular formula is C11H24N2. The molecule has 0 radical (unpaired) electrons. The summed E-state index contributed by atoms with van der Waals surface area (Å²) in [6.45, 7) is 1.10. The number of hydrogen-bond donors (Lipinski definition) is 2. The van der Waals surface area contributed by atoms with Crippen molar-refractivity contribution in [3.8, 4) is 0 Å². The average Bonchev–Trinajstić information content (AvgIpc) is 2.19. The van der Waals surface area contributed by atoms with Crippen LogP contribution in [0.4, 0.5) is 0 Å². The van der Waals surface area contributed by atoms with Gasteiger partial charge in [-0.1, -0.05) is 32.1 Å². The molecule has 13 heavy (non-hydrogen) atoms. The summed E-state index contributed by atoms with van der Waals surface area (Å²) >= 11 is 0. The molecule has 0 spiro atoms. The van der Waals surface area contributed by atoms with Crippen LogP contribution in [-0.2, 0) is 0 Å². The molecule has 0 saturated heterocycles. The summed E-state index contributed by atoms with van der Waals surface area (Å²) in [5.41, 5.74) is 0. The molecule has 0 heterocycles. The normalized spacial score (nSPS) is 21.7. The third-order valence-corrected chi connectivity index (χ3v) is 3.20. The Morgan fingerprint density at radius 2 is 1.85 bits per heavy atom. The lowest BCUT2D eigenvalue weighted by Gasteiger charge is -2.26. The van der Waals surface area contributed by atoms with E-state index in [1.165, 1.54) is 38.5 Å². The Labute approximate surface area is 82.5 Å². The predicted molar refractivity (Wildman–Crippen MR) is 58.0 cm³/mol. The molecular weight excluding hydrogens is 160 g/mol. The molecule has 0 aliphatic heterocycles. The van der Waals surface area contributed by atoms with Gasteiger partial charge in [0.15, 0.2) is 0 Å². The highest BCUT2D eigenvalue weighted by atomic mass is 14.9. The second-order valence-electron chi connectivity index (χ2n) is 4.28. The molecule has 0 amide bonds. The lowest BCUT2D eigenvalue weighted by molar-refractivity contribution is 0.301. The SMILES string of the molecule is CNC[C@H](CC1CCCCC1)NC. The molecule has 0 bridgehead atoms. The van der Waals surface area contributed by atoms with Crippen LogP contribution in [0.3, 0.4) is 0 Å². The Hall–Kier alpha value is -0.0800. The van der Waals surface area contributed by atoms with Gasteiger partial charge in [0.05, 0.1) is 0 Å². The maximum atomic E-state index is 3.39. The van der Waals surface area contributed by atoms with E-state index in [0.717, 1.165) is 12.5 Å². The molecule has 78 valence electrons. The molecule has 1 aliphatic carbocycles. The van der Waals surface area contributed by atoms with E-state index in [1.54, 1.807) is 0 Å². The fourth-order valence-corrected chi connectivity index (χ4v) is 2.37. The Kier molecular flexibility index (Phi) is 5.40. The van der Waals surface area contributed by atoms with Crippen LogP contribution < -0.4 is 10.6 Å². The third-order valence-electron chi connectivity index (χ3n) is 3.20. The maximum Gasteiger partial charge on any atom is 0.0192 e. The first kappa shape index (κ1) is 11.0. The number of hydrogen-bond acceptors (Lipinski definition) is 2. The minimum absolute atomic E-state index is 0.674. The van der Waals surface area contributed by atoms with Crippen molar-refractivity contribution in [2.45, 2.75) is 44.6 Å². The van der Waals surface area contributed by atoms with Crippen LogP contribution >= 0.6 is 0 Å². The highest BCUT2D eigenvalue weighted by Gasteiger charge is 2.17. The van der Waals surface area contributed by atoms with E-state index in [2.05, 4.69) is 17.7 Å². The van der Waals surface area contributed by atoms with E-state index in [0.29, 0.717) is 6.04 Å². The van der Waals surface area contributed by atoms with Crippen molar-refractivity contribution in [3.63, 3.8) is 0 Å². The second kappa shape index (κ2) is 6.39. The van der Waals surface area contributed by atoms with Gasteiger partial charge in [-0.2, -0.15) is 0 Å². The zero-order valence-electron chi connectivity index (χ0n) is 9.10. The molecule has 1 fully saturated rings. The minimum Gasteiger partial charge on any atom is -0.318 e. The second-order valence-corrected chi connectivity index (χ2v) is 4.28. The summed E-state index contributed by atoms with van der Waals surface area (Å²) in [6, 6.07) is 0.674. The highest BCUT2D eigenvalue weighted by molar-refractivity contribution is 4.74. The molecule has 1 atom stereocenters. The van der Waals surface area contributed by atoms with E-state index < -0.39 is 0 Å². The zero-order chi connectivity index (χ0) is 9.52. The smallest absolute Gasteiger partial charge is 0.0192 e. The van der Waals surface area contributed by atoms with Gasteiger partial charge in [0.25, 0.3) is 0 Å². The van der Waals surface area contributed by atoms with Gasteiger partial charge < -0.3 is 10.6 Å². The highest BCUT2D eigenvalue weighted by Crippen LogP contribution is 2.27. The molecule has 0 aromatic rings. The van der Waals surface area contributed by atoms with Gasteiger partial charge in [0.2, 0.25) is 0 Å². The zero-order valence-corrected chi connectivity index (χ0v) is 9.10. The molecule has 2 nitrogen and oxygen atoms in total. The van der Waals surface area contributed by atoms with Gasteiger partial charge in [-0.05, 0) is 26.4 Å². The molecule has 0 unspecified atom stereocenters. The third kappa shape index (κ3) is 4.10. The van der Waals surface area contributed by atoms with Crippen LogP contribution in [0.1, 0.15) is 38.5 Å². The van der Waals surface area contributed by atoms with Crippen molar-refractivity contribution in [2.24, 2.45) is 5.92 Å².